The SMILES string of the molecule is CCCc1nc2cc(N)ccc2n1-c1cccc(C#N)c1. The first-order valence-corrected chi connectivity index (χ1v) is 7.00. The number of imidazole rings is 1. The summed E-state index contributed by atoms with van der Waals surface area (Å²) in [4.78, 5) is 4.70. The second-order valence-corrected chi connectivity index (χ2v) is 5.02. The van der Waals surface area contributed by atoms with Crippen molar-refractivity contribution in [3.8, 4) is 11.8 Å². The molecule has 2 aromatic carbocycles. The fourth-order valence-corrected chi connectivity index (χ4v) is 2.54. The largest absolute Gasteiger partial charge is 0.399 e. The van der Waals surface area contributed by atoms with E-state index in [0.717, 1.165) is 35.4 Å². The molecule has 0 unspecified atom stereocenters. The number of nitrogen functional groups attached to an aromatic ring is 1. The number of aromatic nitrogens is 2. The second kappa shape index (κ2) is 5.29. The molecule has 1 aromatic heterocycles. The van der Waals surface area contributed by atoms with Crippen LogP contribution < -0.4 is 5.73 Å². The molecule has 0 amide bonds. The Morgan fingerprint density at radius 2 is 2.10 bits per heavy atom. The lowest BCUT2D eigenvalue weighted by Gasteiger charge is -2.09. The summed E-state index contributed by atoms with van der Waals surface area (Å²) in [5, 5.41) is 9.09. The van der Waals surface area contributed by atoms with Crippen LogP contribution in [0.4, 0.5) is 5.69 Å². The highest BCUT2D eigenvalue weighted by Gasteiger charge is 2.12. The number of nitrogens with zero attached hydrogens (tertiary/aromatic N) is 3. The van der Waals surface area contributed by atoms with E-state index < -0.39 is 0 Å². The summed E-state index contributed by atoms with van der Waals surface area (Å²) >= 11 is 0. The normalized spacial score (nSPS) is 10.7. The van der Waals surface area contributed by atoms with Crippen LogP contribution in [-0.4, -0.2) is 9.55 Å². The molecule has 104 valence electrons. The Morgan fingerprint density at radius 1 is 1.24 bits per heavy atom. The molecule has 2 N–H and O–H groups in total. The highest BCUT2D eigenvalue weighted by molar-refractivity contribution is 5.81. The van der Waals surface area contributed by atoms with Crippen LogP contribution >= 0.6 is 0 Å². The third-order valence-corrected chi connectivity index (χ3v) is 3.46. The average Bonchev–Trinajstić information content (AvgIpc) is 2.84. The monoisotopic (exact) mass is 276 g/mol. The Bertz CT molecular complexity index is 840. The smallest absolute Gasteiger partial charge is 0.114 e. The summed E-state index contributed by atoms with van der Waals surface area (Å²) < 4.78 is 2.11. The molecular formula is C17H16N4. The highest BCUT2D eigenvalue weighted by atomic mass is 15.1. The van der Waals surface area contributed by atoms with Gasteiger partial charge in [0, 0.05) is 17.8 Å². The Morgan fingerprint density at radius 3 is 2.86 bits per heavy atom. The zero-order valence-electron chi connectivity index (χ0n) is 11.9. The van der Waals surface area contributed by atoms with E-state index in [2.05, 4.69) is 17.6 Å². The van der Waals surface area contributed by atoms with E-state index in [1.807, 2.05) is 36.4 Å². The molecule has 0 fully saturated rings. The van der Waals surface area contributed by atoms with Crippen LogP contribution in [0.15, 0.2) is 42.5 Å². The van der Waals surface area contributed by atoms with Gasteiger partial charge in [-0.15, -0.1) is 0 Å². The van der Waals surface area contributed by atoms with Gasteiger partial charge in [0.15, 0.2) is 0 Å². The molecule has 0 bridgehead atoms. The molecule has 3 aromatic rings. The Labute approximate surface area is 123 Å². The van der Waals surface area contributed by atoms with Crippen LogP contribution in [0, 0.1) is 11.3 Å². The third-order valence-electron chi connectivity index (χ3n) is 3.46. The minimum absolute atomic E-state index is 0.646. The molecule has 21 heavy (non-hydrogen) atoms. The molecule has 3 rings (SSSR count). The molecule has 0 saturated heterocycles. The van der Waals surface area contributed by atoms with E-state index in [4.69, 9.17) is 16.0 Å². The lowest BCUT2D eigenvalue weighted by atomic mass is 10.2. The van der Waals surface area contributed by atoms with E-state index in [1.54, 1.807) is 6.07 Å². The maximum absolute atomic E-state index is 9.09. The lowest BCUT2D eigenvalue weighted by molar-refractivity contribution is 0.818. The van der Waals surface area contributed by atoms with Crippen LogP contribution in [-0.2, 0) is 6.42 Å². The van der Waals surface area contributed by atoms with Gasteiger partial charge in [0.25, 0.3) is 0 Å². The molecule has 0 atom stereocenters. The molecule has 4 nitrogen and oxygen atoms in total. The number of rotatable bonds is 3. The number of fused-ring (bicyclic) bond motifs is 1. The number of anilines is 1. The maximum Gasteiger partial charge on any atom is 0.114 e. The zero-order chi connectivity index (χ0) is 14.8. The maximum atomic E-state index is 9.09. The first kappa shape index (κ1) is 13.2. The van der Waals surface area contributed by atoms with Crippen LogP contribution in [0.25, 0.3) is 16.7 Å². The van der Waals surface area contributed by atoms with Crippen molar-refractivity contribution in [3.63, 3.8) is 0 Å². The fourth-order valence-electron chi connectivity index (χ4n) is 2.54. The Kier molecular flexibility index (Phi) is 3.33. The highest BCUT2D eigenvalue weighted by Crippen LogP contribution is 2.24. The van der Waals surface area contributed by atoms with E-state index in [-0.39, 0.29) is 0 Å². The molecular weight excluding hydrogens is 260 g/mol. The van der Waals surface area contributed by atoms with Crippen molar-refractivity contribution in [1.82, 2.24) is 9.55 Å². The second-order valence-electron chi connectivity index (χ2n) is 5.02. The minimum Gasteiger partial charge on any atom is -0.399 e. The van der Waals surface area contributed by atoms with Crippen molar-refractivity contribution in [3.05, 3.63) is 53.9 Å². The summed E-state index contributed by atoms with van der Waals surface area (Å²) in [7, 11) is 0. The van der Waals surface area contributed by atoms with E-state index in [9.17, 15) is 0 Å². The summed E-state index contributed by atoms with van der Waals surface area (Å²) in [6, 6.07) is 15.5. The van der Waals surface area contributed by atoms with Gasteiger partial charge in [0.1, 0.15) is 5.82 Å². The molecule has 1 heterocycles. The molecule has 4 heteroatoms. The van der Waals surface area contributed by atoms with Gasteiger partial charge in [0.2, 0.25) is 0 Å². The predicted octanol–water partition coefficient (Wildman–Crippen LogP) is 3.43. The molecule has 0 aliphatic rings. The number of benzene rings is 2. The van der Waals surface area contributed by atoms with Gasteiger partial charge in [0.05, 0.1) is 22.7 Å². The van der Waals surface area contributed by atoms with Crippen molar-refractivity contribution in [2.45, 2.75) is 19.8 Å². The van der Waals surface area contributed by atoms with Crippen molar-refractivity contribution < 1.29 is 0 Å². The minimum atomic E-state index is 0.646. The van der Waals surface area contributed by atoms with E-state index in [0.29, 0.717) is 11.3 Å². The first-order chi connectivity index (χ1) is 10.2. The van der Waals surface area contributed by atoms with Gasteiger partial charge in [-0.3, -0.25) is 4.57 Å². The molecule has 0 radical (unpaired) electrons. The summed E-state index contributed by atoms with van der Waals surface area (Å²) in [6.45, 7) is 2.13. The van der Waals surface area contributed by atoms with Gasteiger partial charge in [-0.2, -0.15) is 5.26 Å². The number of nitriles is 1. The van der Waals surface area contributed by atoms with Crippen molar-refractivity contribution in [2.24, 2.45) is 0 Å². The Hall–Kier alpha value is -2.80. The third kappa shape index (κ3) is 2.34. The van der Waals surface area contributed by atoms with Crippen molar-refractivity contribution in [2.75, 3.05) is 5.73 Å². The van der Waals surface area contributed by atoms with Crippen molar-refractivity contribution in [1.29, 1.82) is 5.26 Å². The number of hydrogen-bond donors (Lipinski definition) is 1. The van der Waals surface area contributed by atoms with Gasteiger partial charge >= 0.3 is 0 Å². The zero-order valence-corrected chi connectivity index (χ0v) is 11.9. The Balaban J connectivity index is 2.28. The fraction of sp³-hybridized carbons (Fsp3) is 0.176. The van der Waals surface area contributed by atoms with Crippen LogP contribution in [0.1, 0.15) is 24.7 Å². The first-order valence-electron chi connectivity index (χ1n) is 7.00. The van der Waals surface area contributed by atoms with Crippen LogP contribution in [0.3, 0.4) is 0 Å². The standard InChI is InChI=1S/C17H16N4/c1-2-4-17-20-15-10-13(19)7-8-16(15)21(17)14-6-3-5-12(9-14)11-18/h3,5-10H,2,4,19H2,1H3. The number of aryl methyl sites for hydroxylation is 1. The van der Waals surface area contributed by atoms with Gasteiger partial charge < -0.3 is 5.73 Å². The molecule has 0 saturated carbocycles. The number of hydrogen-bond acceptors (Lipinski definition) is 3. The van der Waals surface area contributed by atoms with Gasteiger partial charge in [-0.05, 0) is 42.8 Å². The molecule has 0 aliphatic heterocycles. The van der Waals surface area contributed by atoms with Crippen LogP contribution in [0.5, 0.6) is 0 Å². The number of nitrogens with two attached hydrogens (primary N) is 1. The molecule has 0 spiro atoms. The van der Waals surface area contributed by atoms with Gasteiger partial charge in [-0.25, -0.2) is 4.98 Å². The van der Waals surface area contributed by atoms with Crippen molar-refractivity contribution >= 4 is 16.7 Å². The summed E-state index contributed by atoms with van der Waals surface area (Å²) in [5.41, 5.74) is 10.1. The molecule has 0 aliphatic carbocycles. The van der Waals surface area contributed by atoms with Gasteiger partial charge in [-0.1, -0.05) is 13.0 Å². The summed E-state index contributed by atoms with van der Waals surface area (Å²) in [6.07, 6.45) is 1.89. The quantitative estimate of drug-likeness (QED) is 0.745. The van der Waals surface area contributed by atoms with E-state index in [1.165, 1.54) is 0 Å². The van der Waals surface area contributed by atoms with E-state index >= 15 is 0 Å². The summed E-state index contributed by atoms with van der Waals surface area (Å²) in [5.74, 6) is 0.994. The predicted molar refractivity (Wildman–Crippen MR) is 84.2 cm³/mol. The van der Waals surface area contributed by atoms with Crippen LogP contribution in [0.2, 0.25) is 0 Å². The lowest BCUT2D eigenvalue weighted by Crippen LogP contribution is -2.01. The topological polar surface area (TPSA) is 67.6 Å². The average molecular weight is 276 g/mol.